The van der Waals surface area contributed by atoms with Gasteiger partial charge in [0.25, 0.3) is 0 Å². The monoisotopic (exact) mass is 193 g/mol. The fourth-order valence-electron chi connectivity index (χ4n) is 1.14. The molecule has 0 amide bonds. The summed E-state index contributed by atoms with van der Waals surface area (Å²) in [6.45, 7) is 2.54. The van der Waals surface area contributed by atoms with Crippen LogP contribution in [0.5, 0.6) is 0 Å². The number of para-hydroxylation sites is 1. The molecule has 0 aromatic heterocycles. The van der Waals surface area contributed by atoms with Gasteiger partial charge in [0.2, 0.25) is 5.96 Å². The maximum absolute atomic E-state index is 8.87. The highest BCUT2D eigenvalue weighted by molar-refractivity contribution is 5.94. The Balaban J connectivity index is 2.83. The summed E-state index contributed by atoms with van der Waals surface area (Å²) in [5.74, 6) is 0.443. The molecule has 1 aromatic carbocycles. The summed E-state index contributed by atoms with van der Waals surface area (Å²) in [4.78, 5) is 5.88. The van der Waals surface area contributed by atoms with Crippen molar-refractivity contribution in [2.75, 3.05) is 18.5 Å². The zero-order chi connectivity index (χ0) is 10.4. The molecule has 0 saturated carbocycles. The van der Waals surface area contributed by atoms with Gasteiger partial charge in [-0.05, 0) is 19.1 Å². The number of benzene rings is 1. The Morgan fingerprint density at radius 1 is 1.43 bits per heavy atom. The van der Waals surface area contributed by atoms with Crippen molar-refractivity contribution in [1.29, 1.82) is 0 Å². The maximum Gasteiger partial charge on any atom is 0.222 e. The van der Waals surface area contributed by atoms with Crippen LogP contribution in [0.25, 0.3) is 0 Å². The lowest BCUT2D eigenvalue weighted by Gasteiger charge is -2.19. The lowest BCUT2D eigenvalue weighted by atomic mass is 10.3. The molecule has 0 fully saturated rings. The first-order valence-corrected chi connectivity index (χ1v) is 4.53. The fourth-order valence-corrected chi connectivity index (χ4v) is 1.14. The smallest absolute Gasteiger partial charge is 0.222 e. The molecule has 0 atom stereocenters. The zero-order valence-corrected chi connectivity index (χ0v) is 8.44. The highest BCUT2D eigenvalue weighted by Crippen LogP contribution is 2.10. The van der Waals surface area contributed by atoms with Gasteiger partial charge >= 0.3 is 0 Å². The van der Waals surface area contributed by atoms with E-state index in [2.05, 4.69) is 10.5 Å². The van der Waals surface area contributed by atoms with Crippen molar-refractivity contribution < 1.29 is 5.21 Å². The van der Waals surface area contributed by atoms with Gasteiger partial charge in [-0.1, -0.05) is 18.2 Å². The number of hydroxylamine groups is 1. The molecule has 76 valence electrons. The quantitative estimate of drug-likeness (QED) is 0.425. The zero-order valence-electron chi connectivity index (χ0n) is 8.44. The predicted molar refractivity (Wildman–Crippen MR) is 57.7 cm³/mol. The molecule has 1 rings (SSSR count). The van der Waals surface area contributed by atoms with Gasteiger partial charge in [0.15, 0.2) is 0 Å². The number of nitrogens with zero attached hydrogens (tertiary/aromatic N) is 2. The summed E-state index contributed by atoms with van der Waals surface area (Å²) in [6, 6.07) is 9.71. The number of hydrogen-bond acceptors (Lipinski definition) is 2. The Morgan fingerprint density at radius 2 is 2.07 bits per heavy atom. The predicted octanol–water partition coefficient (Wildman–Crippen LogP) is 1.48. The minimum Gasteiger partial charge on any atom is -0.314 e. The van der Waals surface area contributed by atoms with Gasteiger partial charge in [0, 0.05) is 19.3 Å². The molecule has 0 radical (unpaired) electrons. The molecule has 1 aromatic rings. The Labute approximate surface area is 83.8 Å². The highest BCUT2D eigenvalue weighted by Gasteiger charge is 2.05. The molecule has 0 spiro atoms. The van der Waals surface area contributed by atoms with E-state index in [1.807, 2.05) is 44.3 Å². The molecule has 0 aliphatic carbocycles. The van der Waals surface area contributed by atoms with Crippen LogP contribution in [-0.4, -0.2) is 24.8 Å². The Bertz CT molecular complexity index is 297. The highest BCUT2D eigenvalue weighted by atomic mass is 16.5. The number of aliphatic imine (C=N–C) groups is 1. The summed E-state index contributed by atoms with van der Waals surface area (Å²) < 4.78 is 0. The molecule has 0 unspecified atom stereocenters. The minimum atomic E-state index is 0.443. The van der Waals surface area contributed by atoms with Crippen molar-refractivity contribution in [1.82, 2.24) is 5.48 Å². The van der Waals surface area contributed by atoms with Crippen LogP contribution in [0.1, 0.15) is 6.92 Å². The Kier molecular flexibility index (Phi) is 3.94. The fraction of sp³-hybridized carbons (Fsp3) is 0.300. The number of nitrogens with one attached hydrogen (secondary N) is 1. The lowest BCUT2D eigenvalue weighted by Crippen LogP contribution is -2.37. The van der Waals surface area contributed by atoms with Gasteiger partial charge in [-0.15, -0.1) is 0 Å². The normalized spacial score (nSPS) is 11.2. The number of anilines is 1. The van der Waals surface area contributed by atoms with E-state index in [1.165, 1.54) is 0 Å². The maximum atomic E-state index is 8.87. The van der Waals surface area contributed by atoms with Gasteiger partial charge in [-0.2, -0.15) is 0 Å². The summed E-state index contributed by atoms with van der Waals surface area (Å²) in [5.41, 5.74) is 3.05. The average Bonchev–Trinajstić information content (AvgIpc) is 2.26. The third-order valence-electron chi connectivity index (χ3n) is 1.87. The molecule has 14 heavy (non-hydrogen) atoms. The molecular weight excluding hydrogens is 178 g/mol. The number of rotatable bonds is 2. The van der Waals surface area contributed by atoms with E-state index < -0.39 is 0 Å². The van der Waals surface area contributed by atoms with Gasteiger partial charge < -0.3 is 4.90 Å². The molecule has 0 saturated heterocycles. The van der Waals surface area contributed by atoms with Crippen LogP contribution < -0.4 is 10.4 Å². The Hall–Kier alpha value is -1.55. The second-order valence-electron chi connectivity index (χ2n) is 2.80. The van der Waals surface area contributed by atoms with E-state index in [9.17, 15) is 0 Å². The molecule has 0 aliphatic heterocycles. The summed E-state index contributed by atoms with van der Waals surface area (Å²) in [7, 11) is 1.84. The van der Waals surface area contributed by atoms with Crippen molar-refractivity contribution in [3.63, 3.8) is 0 Å². The molecular formula is C10H15N3O. The van der Waals surface area contributed by atoms with E-state index >= 15 is 0 Å². The summed E-state index contributed by atoms with van der Waals surface area (Å²) >= 11 is 0. The first-order valence-electron chi connectivity index (χ1n) is 4.53. The SMILES string of the molecule is CCN=C(NO)N(C)c1ccccc1. The second kappa shape index (κ2) is 5.24. The topological polar surface area (TPSA) is 47.9 Å². The largest absolute Gasteiger partial charge is 0.314 e. The lowest BCUT2D eigenvalue weighted by molar-refractivity contribution is 0.232. The third kappa shape index (κ3) is 2.47. The van der Waals surface area contributed by atoms with E-state index in [0.717, 1.165) is 5.69 Å². The van der Waals surface area contributed by atoms with Crippen molar-refractivity contribution in [3.8, 4) is 0 Å². The van der Waals surface area contributed by atoms with E-state index in [-0.39, 0.29) is 0 Å². The van der Waals surface area contributed by atoms with E-state index in [4.69, 9.17) is 5.21 Å². The number of guanidine groups is 1. The van der Waals surface area contributed by atoms with Gasteiger partial charge in [0.1, 0.15) is 0 Å². The molecule has 0 aliphatic rings. The van der Waals surface area contributed by atoms with Gasteiger partial charge in [0.05, 0.1) is 0 Å². The van der Waals surface area contributed by atoms with Crippen LogP contribution in [-0.2, 0) is 0 Å². The van der Waals surface area contributed by atoms with Crippen molar-refractivity contribution >= 4 is 11.6 Å². The first kappa shape index (κ1) is 10.5. The van der Waals surface area contributed by atoms with E-state index in [0.29, 0.717) is 12.5 Å². The first-order chi connectivity index (χ1) is 6.79. The van der Waals surface area contributed by atoms with Crippen molar-refractivity contribution in [2.45, 2.75) is 6.92 Å². The van der Waals surface area contributed by atoms with Crippen LogP contribution in [0.15, 0.2) is 35.3 Å². The van der Waals surface area contributed by atoms with Crippen LogP contribution in [0.2, 0.25) is 0 Å². The van der Waals surface area contributed by atoms with Crippen molar-refractivity contribution in [2.24, 2.45) is 4.99 Å². The standard InChI is InChI=1S/C10H15N3O/c1-3-11-10(12-14)13(2)9-7-5-4-6-8-9/h4-8,14H,3H2,1-2H3,(H,11,12). The van der Waals surface area contributed by atoms with E-state index in [1.54, 1.807) is 4.90 Å². The average molecular weight is 193 g/mol. The Morgan fingerprint density at radius 3 is 2.57 bits per heavy atom. The van der Waals surface area contributed by atoms with Crippen LogP contribution >= 0.6 is 0 Å². The second-order valence-corrected chi connectivity index (χ2v) is 2.80. The molecule has 0 heterocycles. The van der Waals surface area contributed by atoms with Crippen LogP contribution in [0.4, 0.5) is 5.69 Å². The minimum absolute atomic E-state index is 0.443. The molecule has 4 heteroatoms. The van der Waals surface area contributed by atoms with Crippen LogP contribution in [0.3, 0.4) is 0 Å². The van der Waals surface area contributed by atoms with Crippen LogP contribution in [0, 0.1) is 0 Å². The number of hydrogen-bond donors (Lipinski definition) is 2. The molecule has 2 N–H and O–H groups in total. The molecule has 4 nitrogen and oxygen atoms in total. The molecule has 0 bridgehead atoms. The summed E-state index contributed by atoms with van der Waals surface area (Å²) in [5, 5.41) is 8.87. The summed E-state index contributed by atoms with van der Waals surface area (Å²) in [6.07, 6.45) is 0. The third-order valence-corrected chi connectivity index (χ3v) is 1.87. The van der Waals surface area contributed by atoms with Gasteiger partial charge in [-0.3, -0.25) is 10.2 Å². The van der Waals surface area contributed by atoms with Gasteiger partial charge in [-0.25, -0.2) is 5.48 Å². The van der Waals surface area contributed by atoms with Crippen molar-refractivity contribution in [3.05, 3.63) is 30.3 Å².